The number of hydrazine groups is 1. The third kappa shape index (κ3) is 4.24. The highest BCUT2D eigenvalue weighted by Gasteiger charge is 2.02. The van der Waals surface area contributed by atoms with Gasteiger partial charge in [-0.1, -0.05) is 25.6 Å². The molecule has 0 unspecified atom stereocenters. The van der Waals surface area contributed by atoms with Crippen molar-refractivity contribution >= 4 is 23.4 Å². The summed E-state index contributed by atoms with van der Waals surface area (Å²) in [5.74, 6) is 7.47. The second-order valence-electron chi connectivity index (χ2n) is 3.88. The van der Waals surface area contributed by atoms with Gasteiger partial charge in [0.25, 0.3) is 0 Å². The average Bonchev–Trinajstić information content (AvgIpc) is 2.28. The van der Waals surface area contributed by atoms with Gasteiger partial charge in [0.15, 0.2) is 5.16 Å². The highest BCUT2D eigenvalue weighted by molar-refractivity contribution is 7.98. The van der Waals surface area contributed by atoms with Crippen LogP contribution in [0.3, 0.4) is 0 Å². The largest absolute Gasteiger partial charge is 0.370 e. The maximum atomic E-state index is 5.34. The molecule has 6 heteroatoms. The molecular weight excluding hydrogens is 222 g/mol. The van der Waals surface area contributed by atoms with Crippen molar-refractivity contribution < 1.29 is 0 Å². The van der Waals surface area contributed by atoms with E-state index in [0.29, 0.717) is 16.9 Å². The summed E-state index contributed by atoms with van der Waals surface area (Å²) in [5.41, 5.74) is 2.54. The topological polar surface area (TPSA) is 75.9 Å². The molecule has 90 valence electrons. The molecule has 16 heavy (non-hydrogen) atoms. The lowest BCUT2D eigenvalue weighted by atomic mass is 10.1. The summed E-state index contributed by atoms with van der Waals surface area (Å²) in [5, 5.41) is 3.98. The summed E-state index contributed by atoms with van der Waals surface area (Å²) in [6, 6.07) is 1.81. The number of nitrogen functional groups attached to an aromatic ring is 1. The number of hydrogen-bond acceptors (Lipinski definition) is 6. The Hall–Kier alpha value is -1.01. The molecule has 0 bridgehead atoms. The monoisotopic (exact) mass is 241 g/mol. The summed E-state index contributed by atoms with van der Waals surface area (Å²) < 4.78 is 0. The van der Waals surface area contributed by atoms with Crippen LogP contribution in [0, 0.1) is 5.92 Å². The van der Waals surface area contributed by atoms with Gasteiger partial charge in [0.05, 0.1) is 0 Å². The quantitative estimate of drug-likeness (QED) is 0.306. The predicted octanol–water partition coefficient (Wildman–Crippen LogP) is 1.94. The third-order valence-corrected chi connectivity index (χ3v) is 2.61. The molecule has 1 heterocycles. The standard InChI is InChI=1S/C10H19N5S/c1-7(2)4-5-12-8-6-9(15-11)14-10(13-8)16-3/h6-7H,4-5,11H2,1-3H3,(H2,12,13,14,15). The summed E-state index contributed by atoms with van der Waals surface area (Å²) >= 11 is 1.49. The van der Waals surface area contributed by atoms with Crippen LogP contribution in [0.2, 0.25) is 0 Å². The number of thioether (sulfide) groups is 1. The molecular formula is C10H19N5S. The molecule has 1 aromatic rings. The number of hydrogen-bond donors (Lipinski definition) is 3. The Morgan fingerprint density at radius 3 is 2.62 bits per heavy atom. The van der Waals surface area contributed by atoms with Crippen LogP contribution in [0.5, 0.6) is 0 Å². The molecule has 0 saturated heterocycles. The summed E-state index contributed by atoms with van der Waals surface area (Å²) in [7, 11) is 0. The van der Waals surface area contributed by atoms with E-state index >= 15 is 0 Å². The van der Waals surface area contributed by atoms with Crippen molar-refractivity contribution in [2.75, 3.05) is 23.5 Å². The summed E-state index contributed by atoms with van der Waals surface area (Å²) in [6.45, 7) is 5.30. The lowest BCUT2D eigenvalue weighted by Crippen LogP contribution is -2.12. The van der Waals surface area contributed by atoms with E-state index in [0.717, 1.165) is 18.8 Å². The normalized spacial score (nSPS) is 10.6. The minimum Gasteiger partial charge on any atom is -0.370 e. The maximum Gasteiger partial charge on any atom is 0.191 e. The van der Waals surface area contributed by atoms with Crippen LogP contribution < -0.4 is 16.6 Å². The highest BCUT2D eigenvalue weighted by Crippen LogP contribution is 2.16. The van der Waals surface area contributed by atoms with Crippen molar-refractivity contribution in [1.29, 1.82) is 0 Å². The molecule has 5 nitrogen and oxygen atoms in total. The van der Waals surface area contributed by atoms with Crippen molar-refractivity contribution in [2.24, 2.45) is 11.8 Å². The smallest absolute Gasteiger partial charge is 0.191 e. The van der Waals surface area contributed by atoms with Gasteiger partial charge in [0.1, 0.15) is 11.6 Å². The Labute approximate surface area is 101 Å². The van der Waals surface area contributed by atoms with Crippen LogP contribution in [0.15, 0.2) is 11.2 Å². The zero-order valence-electron chi connectivity index (χ0n) is 9.95. The number of nitrogens with one attached hydrogen (secondary N) is 2. The van der Waals surface area contributed by atoms with Crippen LogP contribution in [0.1, 0.15) is 20.3 Å². The molecule has 0 aliphatic carbocycles. The first-order valence-electron chi connectivity index (χ1n) is 5.29. The zero-order chi connectivity index (χ0) is 12.0. The first-order valence-corrected chi connectivity index (χ1v) is 6.51. The molecule has 0 aromatic carbocycles. The average molecular weight is 241 g/mol. The molecule has 1 rings (SSSR count). The van der Waals surface area contributed by atoms with Crippen LogP contribution in [-0.2, 0) is 0 Å². The van der Waals surface area contributed by atoms with Gasteiger partial charge in [0.2, 0.25) is 0 Å². The molecule has 0 amide bonds. The molecule has 0 spiro atoms. The van der Waals surface area contributed by atoms with Gasteiger partial charge in [-0.3, -0.25) is 0 Å². The van der Waals surface area contributed by atoms with Gasteiger partial charge in [0, 0.05) is 12.6 Å². The second kappa shape index (κ2) is 6.55. The molecule has 0 aliphatic rings. The van der Waals surface area contributed by atoms with Gasteiger partial charge >= 0.3 is 0 Å². The van der Waals surface area contributed by atoms with Crippen molar-refractivity contribution in [3.63, 3.8) is 0 Å². The first-order chi connectivity index (χ1) is 7.65. The van der Waals surface area contributed by atoms with E-state index in [1.807, 2.05) is 6.26 Å². The Morgan fingerprint density at radius 2 is 2.06 bits per heavy atom. The lowest BCUT2D eigenvalue weighted by molar-refractivity contribution is 0.606. The van der Waals surface area contributed by atoms with Crippen molar-refractivity contribution in [2.45, 2.75) is 25.4 Å². The van der Waals surface area contributed by atoms with E-state index in [1.165, 1.54) is 11.8 Å². The number of rotatable bonds is 6. The minimum atomic E-state index is 0.631. The van der Waals surface area contributed by atoms with E-state index in [4.69, 9.17) is 5.84 Å². The third-order valence-electron chi connectivity index (χ3n) is 2.06. The fourth-order valence-electron chi connectivity index (χ4n) is 1.17. The van der Waals surface area contributed by atoms with Crippen molar-refractivity contribution in [3.8, 4) is 0 Å². The fraction of sp³-hybridized carbons (Fsp3) is 0.600. The molecule has 0 fully saturated rings. The zero-order valence-corrected chi connectivity index (χ0v) is 10.8. The van der Waals surface area contributed by atoms with Crippen LogP contribution in [-0.4, -0.2) is 22.8 Å². The molecule has 1 aromatic heterocycles. The van der Waals surface area contributed by atoms with Crippen LogP contribution >= 0.6 is 11.8 Å². The Balaban J connectivity index is 2.64. The molecule has 0 aliphatic heterocycles. The first kappa shape index (κ1) is 13.1. The number of aromatic nitrogens is 2. The van der Waals surface area contributed by atoms with Gasteiger partial charge < -0.3 is 10.7 Å². The van der Waals surface area contributed by atoms with E-state index in [9.17, 15) is 0 Å². The van der Waals surface area contributed by atoms with Gasteiger partial charge in [-0.25, -0.2) is 15.8 Å². The number of nitrogens with two attached hydrogens (primary N) is 1. The van der Waals surface area contributed by atoms with E-state index < -0.39 is 0 Å². The van der Waals surface area contributed by atoms with E-state index in [1.54, 1.807) is 6.07 Å². The van der Waals surface area contributed by atoms with Gasteiger partial charge in [-0.05, 0) is 18.6 Å². The number of nitrogens with zero attached hydrogens (tertiary/aromatic N) is 2. The molecule has 0 saturated carbocycles. The molecule has 0 atom stereocenters. The van der Waals surface area contributed by atoms with E-state index in [-0.39, 0.29) is 0 Å². The lowest BCUT2D eigenvalue weighted by Gasteiger charge is -2.09. The van der Waals surface area contributed by atoms with E-state index in [2.05, 4.69) is 34.6 Å². The number of anilines is 2. The van der Waals surface area contributed by atoms with Crippen molar-refractivity contribution in [3.05, 3.63) is 6.07 Å². The van der Waals surface area contributed by atoms with Gasteiger partial charge in [-0.2, -0.15) is 0 Å². The SMILES string of the molecule is CSc1nc(NN)cc(NCCC(C)C)n1. The van der Waals surface area contributed by atoms with Crippen LogP contribution in [0.25, 0.3) is 0 Å². The van der Waals surface area contributed by atoms with Gasteiger partial charge in [-0.15, -0.1) is 0 Å². The fourth-order valence-corrected chi connectivity index (χ4v) is 1.55. The Morgan fingerprint density at radius 1 is 1.38 bits per heavy atom. The van der Waals surface area contributed by atoms with Crippen LogP contribution in [0.4, 0.5) is 11.6 Å². The maximum absolute atomic E-state index is 5.34. The molecule has 0 radical (unpaired) electrons. The summed E-state index contributed by atoms with van der Waals surface area (Å²) in [6.07, 6.45) is 3.05. The Kier molecular flexibility index (Phi) is 5.34. The van der Waals surface area contributed by atoms with Crippen molar-refractivity contribution in [1.82, 2.24) is 9.97 Å². The summed E-state index contributed by atoms with van der Waals surface area (Å²) in [4.78, 5) is 8.53. The molecule has 4 N–H and O–H groups in total. The predicted molar refractivity (Wildman–Crippen MR) is 69.6 cm³/mol. The minimum absolute atomic E-state index is 0.631. The Bertz CT molecular complexity index is 307. The second-order valence-corrected chi connectivity index (χ2v) is 4.65. The highest BCUT2D eigenvalue weighted by atomic mass is 32.2.